The molecular formula is C14H19N3. The zero-order chi connectivity index (χ0) is 12.4. The van der Waals surface area contributed by atoms with E-state index >= 15 is 0 Å². The number of nitrogens with two attached hydrogens (primary N) is 1. The topological polar surface area (TPSA) is 50.9 Å². The van der Waals surface area contributed by atoms with Crippen LogP contribution in [0.15, 0.2) is 30.3 Å². The number of benzene rings is 1. The number of nitrogens with zero attached hydrogens (tertiary/aromatic N) is 1. The molecule has 17 heavy (non-hydrogen) atoms. The normalized spacial score (nSPS) is 12.9. The Balaban J connectivity index is 2.29. The van der Waals surface area contributed by atoms with Gasteiger partial charge in [0.05, 0.1) is 5.52 Å². The fourth-order valence-corrected chi connectivity index (χ4v) is 1.62. The van der Waals surface area contributed by atoms with Crippen molar-refractivity contribution in [1.29, 1.82) is 0 Å². The van der Waals surface area contributed by atoms with Gasteiger partial charge in [-0.25, -0.2) is 4.98 Å². The van der Waals surface area contributed by atoms with Crippen LogP contribution in [0.25, 0.3) is 10.9 Å². The number of rotatable bonds is 3. The lowest BCUT2D eigenvalue weighted by Crippen LogP contribution is -2.21. The standard InChI is InChI=1S/C14H19N3/c1-9(2)10(3)16-14-7-4-11-8-12(15)5-6-13(11)17-14/h4-10H,15H2,1-3H3,(H,16,17). The van der Waals surface area contributed by atoms with E-state index < -0.39 is 0 Å². The molecule has 0 spiro atoms. The van der Waals surface area contributed by atoms with Gasteiger partial charge in [-0.3, -0.25) is 0 Å². The van der Waals surface area contributed by atoms with E-state index in [-0.39, 0.29) is 0 Å². The van der Waals surface area contributed by atoms with Crippen molar-refractivity contribution >= 4 is 22.4 Å². The molecule has 0 radical (unpaired) electrons. The SMILES string of the molecule is CC(C)C(C)Nc1ccc2cc(N)ccc2n1. The predicted octanol–water partition coefficient (Wildman–Crippen LogP) is 3.27. The Labute approximate surface area is 102 Å². The van der Waals surface area contributed by atoms with Crippen molar-refractivity contribution in [3.63, 3.8) is 0 Å². The Hall–Kier alpha value is -1.77. The first kappa shape index (κ1) is 11.7. The lowest BCUT2D eigenvalue weighted by molar-refractivity contribution is 0.558. The fraction of sp³-hybridized carbons (Fsp3) is 0.357. The Morgan fingerprint density at radius 2 is 1.88 bits per heavy atom. The lowest BCUT2D eigenvalue weighted by atomic mass is 10.1. The molecule has 0 aliphatic rings. The van der Waals surface area contributed by atoms with Crippen molar-refractivity contribution in [2.24, 2.45) is 5.92 Å². The molecule has 1 unspecified atom stereocenters. The molecule has 0 amide bonds. The maximum Gasteiger partial charge on any atom is 0.126 e. The van der Waals surface area contributed by atoms with Crippen molar-refractivity contribution in [3.05, 3.63) is 30.3 Å². The largest absolute Gasteiger partial charge is 0.399 e. The number of nitrogens with one attached hydrogen (secondary N) is 1. The highest BCUT2D eigenvalue weighted by Crippen LogP contribution is 2.19. The van der Waals surface area contributed by atoms with Crippen molar-refractivity contribution in [1.82, 2.24) is 4.98 Å². The Kier molecular flexibility index (Phi) is 3.18. The van der Waals surface area contributed by atoms with Gasteiger partial charge in [-0.05, 0) is 43.2 Å². The van der Waals surface area contributed by atoms with Crippen molar-refractivity contribution in [3.8, 4) is 0 Å². The quantitative estimate of drug-likeness (QED) is 0.794. The van der Waals surface area contributed by atoms with Gasteiger partial charge in [-0.15, -0.1) is 0 Å². The van der Waals surface area contributed by atoms with Crippen molar-refractivity contribution in [2.75, 3.05) is 11.1 Å². The van der Waals surface area contributed by atoms with E-state index in [1.165, 1.54) is 0 Å². The molecule has 2 aromatic rings. The van der Waals surface area contributed by atoms with Gasteiger partial charge >= 0.3 is 0 Å². The molecule has 0 bridgehead atoms. The summed E-state index contributed by atoms with van der Waals surface area (Å²) < 4.78 is 0. The van der Waals surface area contributed by atoms with Gasteiger partial charge in [-0.1, -0.05) is 13.8 Å². The summed E-state index contributed by atoms with van der Waals surface area (Å²) in [5.74, 6) is 1.50. The number of hydrogen-bond donors (Lipinski definition) is 2. The first-order valence-corrected chi connectivity index (χ1v) is 5.99. The molecule has 0 fully saturated rings. The van der Waals surface area contributed by atoms with Gasteiger partial charge < -0.3 is 11.1 Å². The smallest absolute Gasteiger partial charge is 0.126 e. The maximum atomic E-state index is 5.74. The fourth-order valence-electron chi connectivity index (χ4n) is 1.62. The van der Waals surface area contributed by atoms with Gasteiger partial charge in [0.15, 0.2) is 0 Å². The lowest BCUT2D eigenvalue weighted by Gasteiger charge is -2.18. The number of anilines is 2. The molecule has 90 valence electrons. The second kappa shape index (κ2) is 4.62. The third-order valence-electron chi connectivity index (χ3n) is 3.09. The second-order valence-corrected chi connectivity index (χ2v) is 4.83. The van der Waals surface area contributed by atoms with E-state index in [1.807, 2.05) is 30.3 Å². The Morgan fingerprint density at radius 1 is 1.12 bits per heavy atom. The van der Waals surface area contributed by atoms with E-state index in [9.17, 15) is 0 Å². The summed E-state index contributed by atoms with van der Waals surface area (Å²) >= 11 is 0. The van der Waals surface area contributed by atoms with Crippen LogP contribution in [0.5, 0.6) is 0 Å². The summed E-state index contributed by atoms with van der Waals surface area (Å²) in [5.41, 5.74) is 7.49. The van der Waals surface area contributed by atoms with Crippen LogP contribution in [0.1, 0.15) is 20.8 Å². The summed E-state index contributed by atoms with van der Waals surface area (Å²) in [5, 5.41) is 4.48. The summed E-state index contributed by atoms with van der Waals surface area (Å²) in [4.78, 5) is 4.57. The summed E-state index contributed by atoms with van der Waals surface area (Å²) in [6.45, 7) is 6.55. The first-order chi connectivity index (χ1) is 8.06. The molecule has 3 N–H and O–H groups in total. The molecular weight excluding hydrogens is 210 g/mol. The molecule has 1 aromatic carbocycles. The van der Waals surface area contributed by atoms with Gasteiger partial charge in [-0.2, -0.15) is 0 Å². The molecule has 2 rings (SSSR count). The number of pyridine rings is 1. The molecule has 0 saturated heterocycles. The van der Waals surface area contributed by atoms with Gasteiger partial charge in [0.1, 0.15) is 5.82 Å². The monoisotopic (exact) mass is 229 g/mol. The zero-order valence-electron chi connectivity index (χ0n) is 10.6. The Bertz CT molecular complexity index is 520. The minimum absolute atomic E-state index is 0.411. The molecule has 1 atom stereocenters. The third kappa shape index (κ3) is 2.67. The predicted molar refractivity (Wildman–Crippen MR) is 74.1 cm³/mol. The number of fused-ring (bicyclic) bond motifs is 1. The van der Waals surface area contributed by atoms with Crippen LogP contribution in [-0.4, -0.2) is 11.0 Å². The summed E-state index contributed by atoms with van der Waals surface area (Å²) in [6.07, 6.45) is 0. The minimum Gasteiger partial charge on any atom is -0.399 e. The zero-order valence-corrected chi connectivity index (χ0v) is 10.6. The van der Waals surface area contributed by atoms with E-state index in [4.69, 9.17) is 5.73 Å². The van der Waals surface area contributed by atoms with Gasteiger partial charge in [0, 0.05) is 17.1 Å². The highest BCUT2D eigenvalue weighted by atomic mass is 15.0. The van der Waals surface area contributed by atoms with Crippen LogP contribution in [0, 0.1) is 5.92 Å². The Morgan fingerprint density at radius 3 is 2.59 bits per heavy atom. The minimum atomic E-state index is 0.411. The van der Waals surface area contributed by atoms with Crippen LogP contribution in [0.3, 0.4) is 0 Å². The molecule has 0 saturated carbocycles. The molecule has 1 heterocycles. The molecule has 3 nitrogen and oxygen atoms in total. The van der Waals surface area contributed by atoms with Gasteiger partial charge in [0.25, 0.3) is 0 Å². The number of aromatic nitrogens is 1. The van der Waals surface area contributed by atoms with E-state index in [1.54, 1.807) is 0 Å². The van der Waals surface area contributed by atoms with E-state index in [2.05, 4.69) is 31.1 Å². The van der Waals surface area contributed by atoms with Crippen LogP contribution in [0.4, 0.5) is 11.5 Å². The van der Waals surface area contributed by atoms with E-state index in [0.717, 1.165) is 22.4 Å². The van der Waals surface area contributed by atoms with Crippen LogP contribution in [-0.2, 0) is 0 Å². The van der Waals surface area contributed by atoms with Crippen molar-refractivity contribution in [2.45, 2.75) is 26.8 Å². The third-order valence-corrected chi connectivity index (χ3v) is 3.09. The average molecular weight is 229 g/mol. The first-order valence-electron chi connectivity index (χ1n) is 5.99. The van der Waals surface area contributed by atoms with Gasteiger partial charge in [0.2, 0.25) is 0 Å². The molecule has 0 aliphatic carbocycles. The van der Waals surface area contributed by atoms with E-state index in [0.29, 0.717) is 12.0 Å². The average Bonchev–Trinajstić information content (AvgIpc) is 2.29. The summed E-state index contributed by atoms with van der Waals surface area (Å²) in [7, 11) is 0. The second-order valence-electron chi connectivity index (χ2n) is 4.83. The van der Waals surface area contributed by atoms with Crippen molar-refractivity contribution < 1.29 is 0 Å². The highest BCUT2D eigenvalue weighted by molar-refractivity contribution is 5.83. The molecule has 1 aromatic heterocycles. The highest BCUT2D eigenvalue weighted by Gasteiger charge is 2.07. The molecule has 0 aliphatic heterocycles. The summed E-state index contributed by atoms with van der Waals surface area (Å²) in [6, 6.07) is 10.2. The molecule has 3 heteroatoms. The number of hydrogen-bond acceptors (Lipinski definition) is 3. The number of nitrogen functional groups attached to an aromatic ring is 1. The van der Waals surface area contributed by atoms with Crippen LogP contribution >= 0.6 is 0 Å². The van der Waals surface area contributed by atoms with Crippen LogP contribution < -0.4 is 11.1 Å². The maximum absolute atomic E-state index is 5.74. The van der Waals surface area contributed by atoms with Crippen LogP contribution in [0.2, 0.25) is 0 Å².